The first-order chi connectivity index (χ1) is 4.33. The molecule has 60 valence electrons. The molecule has 0 aliphatic heterocycles. The highest BCUT2D eigenvalue weighted by molar-refractivity contribution is 5.67. The van der Waals surface area contributed by atoms with E-state index in [4.69, 9.17) is 0 Å². The van der Waals surface area contributed by atoms with Crippen molar-refractivity contribution >= 4 is 5.97 Å². The Labute approximate surface area is 62.2 Å². The average Bonchev–Trinajstić information content (AvgIpc) is 1.60. The van der Waals surface area contributed by atoms with Gasteiger partial charge in [0.1, 0.15) is 0 Å². The van der Waals surface area contributed by atoms with Gasteiger partial charge in [0.15, 0.2) is 0 Å². The van der Waals surface area contributed by atoms with Gasteiger partial charge in [-0.2, -0.15) is 0 Å². The molecule has 0 saturated heterocycles. The van der Waals surface area contributed by atoms with Gasteiger partial charge in [0.05, 0.1) is 0 Å². The molecule has 2 nitrogen and oxygen atoms in total. The van der Waals surface area contributed by atoms with Crippen LogP contribution in [-0.4, -0.2) is 5.97 Å². The zero-order valence-electron chi connectivity index (χ0n) is 7.10. The van der Waals surface area contributed by atoms with E-state index in [1.54, 1.807) is 6.92 Å². The Hall–Kier alpha value is -0.530. The zero-order chi connectivity index (χ0) is 8.36. The molecule has 0 saturated carbocycles. The fourth-order valence-corrected chi connectivity index (χ4v) is 1.00. The topological polar surface area (TPSA) is 40.1 Å². The molecule has 0 radical (unpaired) electrons. The summed E-state index contributed by atoms with van der Waals surface area (Å²) in [4.78, 5) is 10.3. The SMILES string of the molecule is CC(CC(C)(C)C)C(=O)[O-]. The molecule has 0 N–H and O–H groups in total. The van der Waals surface area contributed by atoms with E-state index >= 15 is 0 Å². The van der Waals surface area contributed by atoms with Gasteiger partial charge in [-0.25, -0.2) is 0 Å². The number of hydrogen-bond acceptors (Lipinski definition) is 2. The van der Waals surface area contributed by atoms with E-state index in [1.807, 2.05) is 20.8 Å². The third kappa shape index (κ3) is 4.36. The van der Waals surface area contributed by atoms with Crippen LogP contribution in [0.5, 0.6) is 0 Å². The van der Waals surface area contributed by atoms with Crippen molar-refractivity contribution in [2.45, 2.75) is 34.1 Å². The molecule has 0 bridgehead atoms. The summed E-state index contributed by atoms with van der Waals surface area (Å²) in [6.07, 6.45) is 0.676. The van der Waals surface area contributed by atoms with Crippen LogP contribution in [0.25, 0.3) is 0 Å². The van der Waals surface area contributed by atoms with Crippen LogP contribution >= 0.6 is 0 Å². The molecule has 0 heterocycles. The van der Waals surface area contributed by atoms with Gasteiger partial charge in [-0.3, -0.25) is 0 Å². The first kappa shape index (κ1) is 9.47. The molecular formula is C8H15O2-. The Kier molecular flexibility index (Phi) is 2.88. The Morgan fingerprint density at radius 3 is 2.00 bits per heavy atom. The third-order valence-electron chi connectivity index (χ3n) is 1.32. The number of carboxylic acid groups (broad SMARTS) is 1. The highest BCUT2D eigenvalue weighted by atomic mass is 16.4. The molecule has 0 fully saturated rings. The highest BCUT2D eigenvalue weighted by Gasteiger charge is 2.15. The van der Waals surface area contributed by atoms with E-state index in [2.05, 4.69) is 0 Å². The van der Waals surface area contributed by atoms with Gasteiger partial charge >= 0.3 is 0 Å². The lowest BCUT2D eigenvalue weighted by Crippen LogP contribution is -2.31. The molecule has 2 heteroatoms. The van der Waals surface area contributed by atoms with Gasteiger partial charge in [-0.05, 0) is 17.8 Å². The molecule has 1 unspecified atom stereocenters. The summed E-state index contributed by atoms with van der Waals surface area (Å²) in [6, 6.07) is 0. The fourth-order valence-electron chi connectivity index (χ4n) is 1.00. The van der Waals surface area contributed by atoms with Crippen LogP contribution in [0.1, 0.15) is 34.1 Å². The minimum atomic E-state index is -0.949. The molecule has 0 rings (SSSR count). The second kappa shape index (κ2) is 3.04. The van der Waals surface area contributed by atoms with Crippen LogP contribution in [-0.2, 0) is 4.79 Å². The number of carbonyl (C=O) groups excluding carboxylic acids is 1. The monoisotopic (exact) mass is 143 g/mol. The van der Waals surface area contributed by atoms with E-state index in [-0.39, 0.29) is 11.3 Å². The van der Waals surface area contributed by atoms with Gasteiger partial charge < -0.3 is 9.90 Å². The number of rotatable bonds is 2. The second-order valence-electron chi connectivity index (χ2n) is 3.98. The van der Waals surface area contributed by atoms with E-state index in [0.717, 1.165) is 0 Å². The van der Waals surface area contributed by atoms with Crippen LogP contribution in [0.2, 0.25) is 0 Å². The summed E-state index contributed by atoms with van der Waals surface area (Å²) in [5.41, 5.74) is 0.0828. The smallest absolute Gasteiger partial charge is 0.0442 e. The van der Waals surface area contributed by atoms with Gasteiger partial charge in [0, 0.05) is 5.97 Å². The van der Waals surface area contributed by atoms with Crippen molar-refractivity contribution in [3.05, 3.63) is 0 Å². The first-order valence-corrected chi connectivity index (χ1v) is 3.54. The van der Waals surface area contributed by atoms with E-state index < -0.39 is 5.97 Å². The average molecular weight is 143 g/mol. The van der Waals surface area contributed by atoms with Crippen LogP contribution in [0, 0.1) is 11.3 Å². The Bertz CT molecular complexity index is 122. The summed E-state index contributed by atoms with van der Waals surface area (Å²) >= 11 is 0. The maximum atomic E-state index is 10.3. The van der Waals surface area contributed by atoms with E-state index in [9.17, 15) is 9.90 Å². The molecule has 0 amide bonds. The maximum Gasteiger partial charge on any atom is 0.0442 e. The molecule has 0 aromatic carbocycles. The standard InChI is InChI=1S/C8H16O2/c1-6(7(9)10)5-8(2,3)4/h6H,5H2,1-4H3,(H,9,10)/p-1. The quantitative estimate of drug-likeness (QED) is 0.574. The second-order valence-corrected chi connectivity index (χ2v) is 3.98. The van der Waals surface area contributed by atoms with E-state index in [1.165, 1.54) is 0 Å². The van der Waals surface area contributed by atoms with Crippen molar-refractivity contribution in [2.75, 3.05) is 0 Å². The van der Waals surface area contributed by atoms with Crippen LogP contribution in [0.15, 0.2) is 0 Å². The molecule has 10 heavy (non-hydrogen) atoms. The third-order valence-corrected chi connectivity index (χ3v) is 1.32. The summed E-state index contributed by atoms with van der Waals surface area (Å²) < 4.78 is 0. The Morgan fingerprint density at radius 1 is 1.50 bits per heavy atom. The van der Waals surface area contributed by atoms with Crippen LogP contribution < -0.4 is 5.11 Å². The van der Waals surface area contributed by atoms with Crippen LogP contribution in [0.3, 0.4) is 0 Å². The number of hydrogen-bond donors (Lipinski definition) is 0. The lowest BCUT2D eigenvalue weighted by Gasteiger charge is -2.23. The highest BCUT2D eigenvalue weighted by Crippen LogP contribution is 2.23. The van der Waals surface area contributed by atoms with Crippen molar-refractivity contribution in [3.8, 4) is 0 Å². The normalized spacial score (nSPS) is 14.8. The minimum absolute atomic E-state index is 0.0828. The van der Waals surface area contributed by atoms with Gasteiger partial charge in [0.2, 0.25) is 0 Å². The molecule has 0 aliphatic rings. The summed E-state index contributed by atoms with van der Waals surface area (Å²) in [5, 5.41) is 10.3. The lowest BCUT2D eigenvalue weighted by molar-refractivity contribution is -0.311. The summed E-state index contributed by atoms with van der Waals surface area (Å²) in [7, 11) is 0. The summed E-state index contributed by atoms with van der Waals surface area (Å²) in [5.74, 6) is -1.28. The molecule has 0 aromatic rings. The van der Waals surface area contributed by atoms with Crippen molar-refractivity contribution in [3.63, 3.8) is 0 Å². The predicted molar refractivity (Wildman–Crippen MR) is 38.2 cm³/mol. The van der Waals surface area contributed by atoms with Gasteiger partial charge in [-0.15, -0.1) is 0 Å². The first-order valence-electron chi connectivity index (χ1n) is 3.54. The largest absolute Gasteiger partial charge is 0.550 e. The van der Waals surface area contributed by atoms with Crippen molar-refractivity contribution in [1.82, 2.24) is 0 Å². The summed E-state index contributed by atoms with van der Waals surface area (Å²) in [6.45, 7) is 7.74. The minimum Gasteiger partial charge on any atom is -0.550 e. The number of carbonyl (C=O) groups is 1. The lowest BCUT2D eigenvalue weighted by atomic mass is 9.86. The predicted octanol–water partition coefficient (Wildman–Crippen LogP) is 0.809. The molecular weight excluding hydrogens is 128 g/mol. The Balaban J connectivity index is 3.80. The van der Waals surface area contributed by atoms with Gasteiger partial charge in [-0.1, -0.05) is 27.7 Å². The molecule has 0 aliphatic carbocycles. The number of aliphatic carboxylic acids is 1. The molecule has 1 atom stereocenters. The van der Waals surface area contributed by atoms with Crippen LogP contribution in [0.4, 0.5) is 0 Å². The Morgan fingerprint density at radius 2 is 1.90 bits per heavy atom. The van der Waals surface area contributed by atoms with Gasteiger partial charge in [0.25, 0.3) is 0 Å². The maximum absolute atomic E-state index is 10.3. The molecule has 0 aromatic heterocycles. The van der Waals surface area contributed by atoms with Crippen molar-refractivity contribution in [2.24, 2.45) is 11.3 Å². The van der Waals surface area contributed by atoms with Crippen molar-refractivity contribution < 1.29 is 9.90 Å². The zero-order valence-corrected chi connectivity index (χ0v) is 7.10. The molecule has 0 spiro atoms. The van der Waals surface area contributed by atoms with Crippen molar-refractivity contribution in [1.29, 1.82) is 0 Å². The number of carboxylic acids is 1. The van der Waals surface area contributed by atoms with E-state index in [0.29, 0.717) is 6.42 Å². The fraction of sp³-hybridized carbons (Fsp3) is 0.875.